The molecule has 122 valence electrons. The number of aromatic amines is 1. The van der Waals surface area contributed by atoms with Crippen LogP contribution < -0.4 is 4.74 Å². The van der Waals surface area contributed by atoms with Gasteiger partial charge in [-0.1, -0.05) is 0 Å². The smallest absolute Gasteiger partial charge is 0.293 e. The lowest BCUT2D eigenvalue weighted by Crippen LogP contribution is -2.36. The van der Waals surface area contributed by atoms with E-state index in [0.717, 1.165) is 11.6 Å². The molecule has 1 aromatic carbocycles. The number of fused-ring (bicyclic) bond motifs is 1. The van der Waals surface area contributed by atoms with Crippen LogP contribution in [0.3, 0.4) is 0 Å². The van der Waals surface area contributed by atoms with Gasteiger partial charge in [0.25, 0.3) is 5.69 Å². The number of benzene rings is 1. The summed E-state index contributed by atoms with van der Waals surface area (Å²) in [7, 11) is -2.64. The standard InChI is InChI=1S/C13H14N4O5S/c1-22-10-2-3-13(12(6-10)17(18)19)23(20,21)16-5-4-9-7-14-15-11(9)8-16/h2-3,6-7H,4-5,8H2,1H3,(H,14,15). The number of rotatable bonds is 4. The van der Waals surface area contributed by atoms with E-state index in [-0.39, 0.29) is 23.7 Å². The average Bonchev–Trinajstić information content (AvgIpc) is 3.01. The number of nitro benzene ring substituents is 1. The Balaban J connectivity index is 2.02. The normalized spacial score (nSPS) is 15.2. The van der Waals surface area contributed by atoms with Gasteiger partial charge in [-0.2, -0.15) is 9.40 Å². The number of ether oxygens (including phenoxy) is 1. The maximum absolute atomic E-state index is 12.8. The highest BCUT2D eigenvalue weighted by molar-refractivity contribution is 7.89. The van der Waals surface area contributed by atoms with Gasteiger partial charge in [0.05, 0.1) is 36.5 Å². The maximum atomic E-state index is 12.8. The molecular formula is C13H14N4O5S. The third-order valence-corrected chi connectivity index (χ3v) is 5.65. The first-order valence-electron chi connectivity index (χ1n) is 6.77. The molecule has 0 saturated carbocycles. The molecule has 23 heavy (non-hydrogen) atoms. The lowest BCUT2D eigenvalue weighted by atomic mass is 10.1. The monoisotopic (exact) mass is 338 g/mol. The number of hydrogen-bond donors (Lipinski definition) is 1. The lowest BCUT2D eigenvalue weighted by molar-refractivity contribution is -0.387. The molecule has 0 aliphatic carbocycles. The fourth-order valence-electron chi connectivity index (χ4n) is 2.52. The summed E-state index contributed by atoms with van der Waals surface area (Å²) in [6.45, 7) is 0.360. The highest BCUT2D eigenvalue weighted by Crippen LogP contribution is 2.32. The molecule has 0 fully saturated rings. The van der Waals surface area contributed by atoms with Crippen LogP contribution in [0.25, 0.3) is 0 Å². The van der Waals surface area contributed by atoms with Gasteiger partial charge in [0.15, 0.2) is 4.90 Å². The van der Waals surface area contributed by atoms with Crippen molar-refractivity contribution in [1.29, 1.82) is 0 Å². The molecule has 0 saturated heterocycles. The lowest BCUT2D eigenvalue weighted by Gasteiger charge is -2.25. The number of nitro groups is 1. The second-order valence-corrected chi connectivity index (χ2v) is 6.96. The summed E-state index contributed by atoms with van der Waals surface area (Å²) < 4.78 is 31.7. The van der Waals surface area contributed by atoms with Crippen LogP contribution in [-0.2, 0) is 23.0 Å². The molecule has 0 bridgehead atoms. The van der Waals surface area contributed by atoms with Crippen molar-refractivity contribution in [3.05, 3.63) is 45.8 Å². The Morgan fingerprint density at radius 2 is 2.22 bits per heavy atom. The quantitative estimate of drug-likeness (QED) is 0.658. The third-order valence-electron chi connectivity index (χ3n) is 3.75. The Kier molecular flexibility index (Phi) is 3.78. The molecule has 0 spiro atoms. The number of sulfonamides is 1. The van der Waals surface area contributed by atoms with Gasteiger partial charge in [-0.3, -0.25) is 15.2 Å². The number of aromatic nitrogens is 2. The van der Waals surface area contributed by atoms with Crippen molar-refractivity contribution in [3.63, 3.8) is 0 Å². The fraction of sp³-hybridized carbons (Fsp3) is 0.308. The van der Waals surface area contributed by atoms with Crippen molar-refractivity contribution in [3.8, 4) is 5.75 Å². The van der Waals surface area contributed by atoms with Crippen LogP contribution in [0.5, 0.6) is 5.75 Å². The largest absolute Gasteiger partial charge is 0.497 e. The molecular weight excluding hydrogens is 324 g/mol. The second kappa shape index (κ2) is 5.63. The predicted molar refractivity (Wildman–Crippen MR) is 79.5 cm³/mol. The molecule has 1 aliphatic rings. The summed E-state index contributed by atoms with van der Waals surface area (Å²) in [5.74, 6) is 0.227. The van der Waals surface area contributed by atoms with E-state index in [4.69, 9.17) is 4.74 Å². The van der Waals surface area contributed by atoms with Crippen molar-refractivity contribution in [1.82, 2.24) is 14.5 Å². The number of hydrogen-bond acceptors (Lipinski definition) is 6. The Morgan fingerprint density at radius 1 is 1.43 bits per heavy atom. The van der Waals surface area contributed by atoms with Crippen molar-refractivity contribution in [2.45, 2.75) is 17.9 Å². The molecule has 0 unspecified atom stereocenters. The van der Waals surface area contributed by atoms with Gasteiger partial charge >= 0.3 is 0 Å². The zero-order valence-electron chi connectivity index (χ0n) is 12.2. The van der Waals surface area contributed by atoms with E-state index in [0.29, 0.717) is 12.1 Å². The van der Waals surface area contributed by atoms with Gasteiger partial charge < -0.3 is 4.74 Å². The SMILES string of the molecule is COc1ccc(S(=O)(=O)N2CCc3cn[nH]c3C2)c([N+](=O)[O-])c1. The van der Waals surface area contributed by atoms with Gasteiger partial charge in [0, 0.05) is 6.54 Å². The minimum absolute atomic E-state index is 0.112. The van der Waals surface area contributed by atoms with Gasteiger partial charge in [0.1, 0.15) is 5.75 Å². The van der Waals surface area contributed by atoms with Gasteiger partial charge in [-0.05, 0) is 24.1 Å². The van der Waals surface area contributed by atoms with Crippen LogP contribution in [0.1, 0.15) is 11.3 Å². The maximum Gasteiger partial charge on any atom is 0.293 e. The van der Waals surface area contributed by atoms with Crippen molar-refractivity contribution in [2.24, 2.45) is 0 Å². The molecule has 0 atom stereocenters. The summed E-state index contributed by atoms with van der Waals surface area (Å²) in [6, 6.07) is 3.71. The average molecular weight is 338 g/mol. The molecule has 2 aromatic rings. The molecule has 2 heterocycles. The summed E-state index contributed by atoms with van der Waals surface area (Å²) in [5.41, 5.74) is 1.16. The van der Waals surface area contributed by atoms with E-state index in [1.165, 1.54) is 23.5 Å². The number of methoxy groups -OCH3 is 1. The highest BCUT2D eigenvalue weighted by Gasteiger charge is 2.34. The van der Waals surface area contributed by atoms with Crippen LogP contribution in [0.2, 0.25) is 0 Å². The first-order valence-corrected chi connectivity index (χ1v) is 8.21. The third kappa shape index (κ3) is 2.66. The molecule has 0 amide bonds. The second-order valence-electron chi connectivity index (χ2n) is 5.05. The zero-order valence-corrected chi connectivity index (χ0v) is 13.0. The van der Waals surface area contributed by atoms with Crippen molar-refractivity contribution in [2.75, 3.05) is 13.7 Å². The number of H-pyrrole nitrogens is 1. The predicted octanol–water partition coefficient (Wildman–Crippen LogP) is 1.07. The molecule has 9 nitrogen and oxygen atoms in total. The number of nitrogens with zero attached hydrogens (tertiary/aromatic N) is 3. The van der Waals surface area contributed by atoms with E-state index in [9.17, 15) is 18.5 Å². The summed E-state index contributed by atoms with van der Waals surface area (Å²) in [6.07, 6.45) is 2.17. The minimum Gasteiger partial charge on any atom is -0.497 e. The summed E-state index contributed by atoms with van der Waals surface area (Å²) >= 11 is 0. The Hall–Kier alpha value is -2.46. The van der Waals surface area contributed by atoms with Crippen LogP contribution in [0.4, 0.5) is 5.69 Å². The Labute approximate surface area is 132 Å². The molecule has 1 aliphatic heterocycles. The van der Waals surface area contributed by atoms with E-state index < -0.39 is 20.6 Å². The first-order chi connectivity index (χ1) is 10.9. The van der Waals surface area contributed by atoms with Gasteiger partial charge in [-0.25, -0.2) is 8.42 Å². The van der Waals surface area contributed by atoms with Crippen molar-refractivity contribution >= 4 is 15.7 Å². The topological polar surface area (TPSA) is 118 Å². The van der Waals surface area contributed by atoms with Crippen LogP contribution in [-0.4, -0.2) is 41.5 Å². The van der Waals surface area contributed by atoms with Crippen LogP contribution in [0, 0.1) is 10.1 Å². The molecule has 3 rings (SSSR count). The molecule has 1 aromatic heterocycles. The van der Waals surface area contributed by atoms with E-state index in [1.54, 1.807) is 6.20 Å². The molecule has 0 radical (unpaired) electrons. The van der Waals surface area contributed by atoms with Gasteiger partial charge in [-0.15, -0.1) is 0 Å². The highest BCUT2D eigenvalue weighted by atomic mass is 32.2. The summed E-state index contributed by atoms with van der Waals surface area (Å²) in [5, 5.41) is 17.9. The minimum atomic E-state index is -3.99. The van der Waals surface area contributed by atoms with Crippen LogP contribution >= 0.6 is 0 Å². The van der Waals surface area contributed by atoms with Gasteiger partial charge in [0.2, 0.25) is 10.0 Å². The first kappa shape index (κ1) is 15.4. The van der Waals surface area contributed by atoms with E-state index >= 15 is 0 Å². The Bertz CT molecular complexity index is 861. The summed E-state index contributed by atoms with van der Waals surface area (Å²) in [4.78, 5) is 10.2. The Morgan fingerprint density at radius 3 is 2.91 bits per heavy atom. The molecule has 1 N–H and O–H groups in total. The zero-order chi connectivity index (χ0) is 16.6. The number of nitrogens with one attached hydrogen (secondary N) is 1. The van der Waals surface area contributed by atoms with Crippen molar-refractivity contribution < 1.29 is 18.1 Å². The fourth-order valence-corrected chi connectivity index (χ4v) is 4.07. The van der Waals surface area contributed by atoms with Crippen LogP contribution in [0.15, 0.2) is 29.3 Å². The van der Waals surface area contributed by atoms with E-state index in [1.807, 2.05) is 0 Å². The molecule has 10 heteroatoms. The van der Waals surface area contributed by atoms with E-state index in [2.05, 4.69) is 10.2 Å².